The van der Waals surface area contributed by atoms with E-state index in [2.05, 4.69) is 60.6 Å². The molecule has 1 amide bonds. The number of hydrogen-bond donors (Lipinski definition) is 1. The first-order chi connectivity index (χ1) is 12.5. The van der Waals surface area contributed by atoms with Crippen molar-refractivity contribution in [1.29, 1.82) is 0 Å². The molecule has 1 heterocycles. The number of nitrogens with zero attached hydrogens (tertiary/aromatic N) is 1. The smallest absolute Gasteiger partial charge is 0.234 e. The molecular weight excluding hydrogens is 344 g/mol. The Morgan fingerprint density at radius 1 is 1.19 bits per heavy atom. The molecule has 2 aromatic rings. The molecule has 1 atom stereocenters. The predicted molar refractivity (Wildman–Crippen MR) is 109 cm³/mol. The summed E-state index contributed by atoms with van der Waals surface area (Å²) in [6.45, 7) is 8.27. The number of methoxy groups -OCH3 is 1. The van der Waals surface area contributed by atoms with Crippen LogP contribution < -0.4 is 10.1 Å². The molecule has 0 saturated heterocycles. The zero-order valence-electron chi connectivity index (χ0n) is 16.2. The van der Waals surface area contributed by atoms with Gasteiger partial charge in [0.2, 0.25) is 5.91 Å². The van der Waals surface area contributed by atoms with Crippen molar-refractivity contribution in [3.05, 3.63) is 52.2 Å². The van der Waals surface area contributed by atoms with Crippen LogP contribution >= 0.6 is 11.3 Å². The van der Waals surface area contributed by atoms with Gasteiger partial charge in [0.1, 0.15) is 5.75 Å². The SMILES string of the molecule is COc1ccc(CN(CC(=O)NCC(C)C)C(C)Cc2cccs2)cc1. The van der Waals surface area contributed by atoms with Crippen molar-refractivity contribution >= 4 is 17.2 Å². The lowest BCUT2D eigenvalue weighted by molar-refractivity contribution is -0.123. The quantitative estimate of drug-likeness (QED) is 0.684. The Bertz CT molecular complexity index is 653. The van der Waals surface area contributed by atoms with Gasteiger partial charge in [-0.05, 0) is 48.4 Å². The predicted octanol–water partition coefficient (Wildman–Crippen LogP) is 3.96. The number of hydrogen-bond acceptors (Lipinski definition) is 4. The van der Waals surface area contributed by atoms with Crippen LogP contribution in [0.25, 0.3) is 0 Å². The molecule has 5 heteroatoms. The number of benzene rings is 1. The Morgan fingerprint density at radius 3 is 2.50 bits per heavy atom. The van der Waals surface area contributed by atoms with E-state index in [4.69, 9.17) is 4.74 Å². The van der Waals surface area contributed by atoms with E-state index >= 15 is 0 Å². The van der Waals surface area contributed by atoms with E-state index in [9.17, 15) is 4.79 Å². The normalized spacial score (nSPS) is 12.4. The van der Waals surface area contributed by atoms with Crippen LogP contribution in [-0.4, -0.2) is 37.0 Å². The average molecular weight is 375 g/mol. The summed E-state index contributed by atoms with van der Waals surface area (Å²) in [6.07, 6.45) is 0.950. The van der Waals surface area contributed by atoms with Gasteiger partial charge >= 0.3 is 0 Å². The molecule has 0 aliphatic heterocycles. The second-order valence-electron chi connectivity index (χ2n) is 7.08. The van der Waals surface area contributed by atoms with Crippen LogP contribution in [-0.2, 0) is 17.8 Å². The molecule has 4 nitrogen and oxygen atoms in total. The van der Waals surface area contributed by atoms with Crippen LogP contribution in [0.5, 0.6) is 5.75 Å². The average Bonchev–Trinajstić information content (AvgIpc) is 3.13. The second-order valence-corrected chi connectivity index (χ2v) is 8.12. The first kappa shape index (κ1) is 20.5. The summed E-state index contributed by atoms with van der Waals surface area (Å²) in [7, 11) is 1.67. The first-order valence-corrected chi connectivity index (χ1v) is 10.0. The van der Waals surface area contributed by atoms with Crippen LogP contribution in [0, 0.1) is 5.92 Å². The summed E-state index contributed by atoms with van der Waals surface area (Å²) in [5.74, 6) is 1.39. The van der Waals surface area contributed by atoms with Crippen molar-refractivity contribution in [2.75, 3.05) is 20.2 Å². The Morgan fingerprint density at radius 2 is 1.92 bits per heavy atom. The van der Waals surface area contributed by atoms with Gasteiger partial charge < -0.3 is 10.1 Å². The second kappa shape index (κ2) is 10.3. The molecule has 1 N–H and O–H groups in total. The summed E-state index contributed by atoms with van der Waals surface area (Å²) in [4.78, 5) is 16.0. The minimum Gasteiger partial charge on any atom is -0.497 e. The van der Waals surface area contributed by atoms with Crippen LogP contribution in [0.1, 0.15) is 31.2 Å². The number of rotatable bonds is 10. The highest BCUT2D eigenvalue weighted by atomic mass is 32.1. The summed E-state index contributed by atoms with van der Waals surface area (Å²) in [5.41, 5.74) is 1.18. The largest absolute Gasteiger partial charge is 0.497 e. The fourth-order valence-electron chi connectivity index (χ4n) is 2.74. The fraction of sp³-hybridized carbons (Fsp3) is 0.476. The number of nitrogens with one attached hydrogen (secondary N) is 1. The number of carbonyl (C=O) groups is 1. The summed E-state index contributed by atoms with van der Waals surface area (Å²) >= 11 is 1.77. The molecule has 26 heavy (non-hydrogen) atoms. The molecule has 2 rings (SSSR count). The minimum atomic E-state index is 0.0882. The van der Waals surface area contributed by atoms with Gasteiger partial charge in [-0.2, -0.15) is 0 Å². The van der Waals surface area contributed by atoms with Gasteiger partial charge in [-0.25, -0.2) is 0 Å². The van der Waals surface area contributed by atoms with Crippen molar-refractivity contribution in [3.63, 3.8) is 0 Å². The lowest BCUT2D eigenvalue weighted by Crippen LogP contribution is -2.43. The summed E-state index contributed by atoms with van der Waals surface area (Å²) in [5, 5.41) is 5.13. The van der Waals surface area contributed by atoms with Crippen molar-refractivity contribution in [1.82, 2.24) is 10.2 Å². The number of amides is 1. The minimum absolute atomic E-state index is 0.0882. The lowest BCUT2D eigenvalue weighted by Gasteiger charge is -2.28. The molecule has 0 aliphatic carbocycles. The first-order valence-electron chi connectivity index (χ1n) is 9.14. The zero-order valence-corrected chi connectivity index (χ0v) is 17.0. The van der Waals surface area contributed by atoms with Gasteiger partial charge in [0.05, 0.1) is 13.7 Å². The van der Waals surface area contributed by atoms with Crippen molar-refractivity contribution in [2.24, 2.45) is 5.92 Å². The Balaban J connectivity index is 2.04. The number of thiophene rings is 1. The Labute approximate surface area is 161 Å². The van der Waals surface area contributed by atoms with E-state index in [0.29, 0.717) is 19.0 Å². The third-order valence-corrected chi connectivity index (χ3v) is 5.20. The maximum atomic E-state index is 12.4. The van der Waals surface area contributed by atoms with Crippen molar-refractivity contribution in [2.45, 2.75) is 39.8 Å². The number of ether oxygens (including phenoxy) is 1. The van der Waals surface area contributed by atoms with Crippen LogP contribution in [0.4, 0.5) is 0 Å². The van der Waals surface area contributed by atoms with E-state index in [-0.39, 0.29) is 11.9 Å². The van der Waals surface area contributed by atoms with E-state index < -0.39 is 0 Å². The lowest BCUT2D eigenvalue weighted by atomic mass is 10.1. The summed E-state index contributed by atoms with van der Waals surface area (Å²) in [6, 6.07) is 12.6. The standard InChI is InChI=1S/C21H30N2O2S/c1-16(2)13-22-21(24)15-23(17(3)12-20-6-5-11-26-20)14-18-7-9-19(25-4)10-8-18/h5-11,16-17H,12-15H2,1-4H3,(H,22,24). The topological polar surface area (TPSA) is 41.6 Å². The van der Waals surface area contributed by atoms with Crippen LogP contribution in [0.3, 0.4) is 0 Å². The maximum absolute atomic E-state index is 12.4. The highest BCUT2D eigenvalue weighted by Crippen LogP contribution is 2.18. The highest BCUT2D eigenvalue weighted by molar-refractivity contribution is 7.09. The molecule has 1 unspecified atom stereocenters. The molecule has 0 spiro atoms. The molecule has 1 aromatic carbocycles. The van der Waals surface area contributed by atoms with E-state index in [1.165, 1.54) is 10.4 Å². The molecule has 0 saturated carbocycles. The Kier molecular flexibility index (Phi) is 8.13. The highest BCUT2D eigenvalue weighted by Gasteiger charge is 2.19. The molecule has 0 aliphatic rings. The van der Waals surface area contributed by atoms with E-state index in [1.54, 1.807) is 18.4 Å². The van der Waals surface area contributed by atoms with E-state index in [1.807, 2.05) is 12.1 Å². The van der Waals surface area contributed by atoms with Crippen molar-refractivity contribution < 1.29 is 9.53 Å². The molecular formula is C21H30N2O2S. The molecule has 142 valence electrons. The summed E-state index contributed by atoms with van der Waals surface area (Å²) < 4.78 is 5.23. The zero-order chi connectivity index (χ0) is 18.9. The number of carbonyl (C=O) groups excluding carboxylic acids is 1. The van der Waals surface area contributed by atoms with Crippen LogP contribution in [0.15, 0.2) is 41.8 Å². The van der Waals surface area contributed by atoms with Crippen LogP contribution in [0.2, 0.25) is 0 Å². The molecule has 0 bridgehead atoms. The van der Waals surface area contributed by atoms with Gasteiger partial charge in [0, 0.05) is 24.0 Å². The maximum Gasteiger partial charge on any atom is 0.234 e. The fourth-order valence-corrected chi connectivity index (χ4v) is 3.57. The van der Waals surface area contributed by atoms with Crippen molar-refractivity contribution in [3.8, 4) is 5.75 Å². The van der Waals surface area contributed by atoms with Gasteiger partial charge in [-0.15, -0.1) is 11.3 Å². The third-order valence-electron chi connectivity index (χ3n) is 4.30. The molecule has 0 fully saturated rings. The molecule has 1 aromatic heterocycles. The van der Waals surface area contributed by atoms with Gasteiger partial charge in [0.25, 0.3) is 0 Å². The monoisotopic (exact) mass is 374 g/mol. The van der Waals surface area contributed by atoms with Gasteiger partial charge in [-0.1, -0.05) is 32.0 Å². The van der Waals surface area contributed by atoms with Gasteiger partial charge in [-0.3, -0.25) is 9.69 Å². The third kappa shape index (κ3) is 6.81. The molecule has 0 radical (unpaired) electrons. The van der Waals surface area contributed by atoms with Gasteiger partial charge in [0.15, 0.2) is 0 Å². The van der Waals surface area contributed by atoms with E-state index in [0.717, 1.165) is 18.7 Å². The Hall–Kier alpha value is -1.85.